The minimum Gasteiger partial charge on any atom is -0.506 e. The number of benzene rings is 9. The summed E-state index contributed by atoms with van der Waals surface area (Å²) in [4.78, 5) is 1.04. The molecule has 10 aromatic rings. The highest BCUT2D eigenvalue weighted by Gasteiger charge is 2.35. The molecule has 0 amide bonds. The fourth-order valence-corrected chi connectivity index (χ4v) is 9.59. The number of phenolic OH excluding ortho intramolecular Hbond substituents is 7. The van der Waals surface area contributed by atoms with E-state index in [9.17, 15) is 35.7 Å². The largest absolute Gasteiger partial charge is 0.506 e. The Morgan fingerprint density at radius 2 is 1.00 bits per heavy atom. The molecule has 7 N–H and O–H groups in total. The van der Waals surface area contributed by atoms with Gasteiger partial charge >= 0.3 is 0 Å². The molecule has 0 atom stereocenters. The molecule has 0 saturated carbocycles. The molecule has 9 aromatic carbocycles. The number of aromatic nitrogens is 1. The first-order chi connectivity index (χ1) is 32.6. The molecule has 1 aromatic heterocycles. The van der Waals surface area contributed by atoms with Gasteiger partial charge in [-0.2, -0.15) is 0 Å². The summed E-state index contributed by atoms with van der Waals surface area (Å²) in [7, 11) is 6.75. The molecular formula is C57H39BN2O7. The Kier molecular flexibility index (Phi) is 9.67. The highest BCUT2D eigenvalue weighted by atomic mass is 16.3. The van der Waals surface area contributed by atoms with E-state index < -0.39 is 51.6 Å². The lowest BCUT2D eigenvalue weighted by molar-refractivity contribution is 0.376. The van der Waals surface area contributed by atoms with E-state index in [0.29, 0.717) is 28.5 Å². The minimum absolute atomic E-state index is 0.0561. The number of para-hydroxylation sites is 2. The summed E-state index contributed by atoms with van der Waals surface area (Å²) in [6.07, 6.45) is 8.38. The van der Waals surface area contributed by atoms with Crippen LogP contribution in [0.4, 0.5) is 17.1 Å². The second-order valence-corrected chi connectivity index (χ2v) is 16.5. The van der Waals surface area contributed by atoms with Gasteiger partial charge in [-0.1, -0.05) is 146 Å². The SMILES string of the molecule is [B]c1c(O)c(N(c2ccc(-c3cccc(-n4c5ccccc5c5ccccc54)c3)cc2)c2c(O)c(O)c(-c3cccc4ccccc34)c(O)c2O)c(O)c(O)c1-c1cccc2c1C=CCC=C2. The molecule has 322 valence electrons. The zero-order valence-electron chi connectivity index (χ0n) is 35.6. The average molecular weight is 875 g/mol. The van der Waals surface area contributed by atoms with Crippen molar-refractivity contribution < 1.29 is 35.7 Å². The maximum atomic E-state index is 12.2. The molecule has 11 rings (SSSR count). The van der Waals surface area contributed by atoms with E-state index in [-0.39, 0.29) is 22.3 Å². The van der Waals surface area contributed by atoms with Crippen LogP contribution >= 0.6 is 0 Å². The molecule has 67 heavy (non-hydrogen) atoms. The van der Waals surface area contributed by atoms with E-state index >= 15 is 0 Å². The number of hydrogen-bond donors (Lipinski definition) is 7. The maximum Gasteiger partial charge on any atom is 0.186 e. The summed E-state index contributed by atoms with van der Waals surface area (Å²) in [6.45, 7) is 0. The molecular weight excluding hydrogens is 835 g/mol. The lowest BCUT2D eigenvalue weighted by Gasteiger charge is -2.31. The van der Waals surface area contributed by atoms with Gasteiger partial charge in [0.15, 0.2) is 34.5 Å². The monoisotopic (exact) mass is 874 g/mol. The van der Waals surface area contributed by atoms with Crippen LogP contribution in [-0.4, -0.2) is 48.2 Å². The van der Waals surface area contributed by atoms with Crippen molar-refractivity contribution in [1.82, 2.24) is 4.57 Å². The molecule has 0 fully saturated rings. The minimum atomic E-state index is -0.910. The van der Waals surface area contributed by atoms with E-state index in [0.717, 1.165) is 54.5 Å². The predicted octanol–water partition coefficient (Wildman–Crippen LogP) is 12.6. The van der Waals surface area contributed by atoms with Crippen molar-refractivity contribution in [3.63, 3.8) is 0 Å². The molecule has 0 spiro atoms. The van der Waals surface area contributed by atoms with Crippen LogP contribution in [0.1, 0.15) is 17.5 Å². The van der Waals surface area contributed by atoms with Crippen molar-refractivity contribution in [2.24, 2.45) is 0 Å². The number of allylic oxidation sites excluding steroid dienone is 2. The second kappa shape index (κ2) is 15.9. The van der Waals surface area contributed by atoms with Gasteiger partial charge in [-0.25, -0.2) is 0 Å². The highest BCUT2D eigenvalue weighted by Crippen LogP contribution is 2.61. The third-order valence-corrected chi connectivity index (χ3v) is 12.7. The number of rotatable bonds is 7. The van der Waals surface area contributed by atoms with Gasteiger partial charge in [0.2, 0.25) is 0 Å². The third kappa shape index (κ3) is 6.41. The molecule has 0 aliphatic heterocycles. The van der Waals surface area contributed by atoms with Crippen molar-refractivity contribution in [1.29, 1.82) is 0 Å². The first-order valence-corrected chi connectivity index (χ1v) is 21.6. The molecule has 0 bridgehead atoms. The number of fused-ring (bicyclic) bond motifs is 5. The standard InChI is InChI=1S/C57H39BN2O7/c58-48-46(42-23-11-15-33-13-2-1-3-19-38(33)42)51(61)55(65)49(54(48)64)60(50-56(66)52(62)47(53(63)57(50)67)43-24-12-16-34-14-4-5-20-39(34)43)36-29-27-32(28-30-36)35-17-10-18-37(31-35)59-44-25-8-6-21-40(44)41-22-7-9-26-45(41)59/h2-31,61-67H,1H2. The Balaban J connectivity index is 1.10. The van der Waals surface area contributed by atoms with Gasteiger partial charge in [0, 0.05) is 27.7 Å². The molecule has 2 radical (unpaired) electrons. The summed E-state index contributed by atoms with van der Waals surface area (Å²) in [5.41, 5.74) is 5.17. The third-order valence-electron chi connectivity index (χ3n) is 12.7. The quantitative estimate of drug-likeness (QED) is 0.0475. The molecule has 9 nitrogen and oxygen atoms in total. The number of aromatic hydroxyl groups is 7. The van der Waals surface area contributed by atoms with E-state index in [1.165, 1.54) is 0 Å². The fourth-order valence-electron chi connectivity index (χ4n) is 9.59. The van der Waals surface area contributed by atoms with Gasteiger partial charge in [0.05, 0.1) is 16.6 Å². The van der Waals surface area contributed by atoms with Gasteiger partial charge in [-0.15, -0.1) is 0 Å². The van der Waals surface area contributed by atoms with Crippen LogP contribution in [0.3, 0.4) is 0 Å². The number of phenols is 7. The topological polar surface area (TPSA) is 150 Å². The van der Waals surface area contributed by atoms with Gasteiger partial charge < -0.3 is 40.3 Å². The van der Waals surface area contributed by atoms with Crippen molar-refractivity contribution in [3.05, 3.63) is 181 Å². The smallest absolute Gasteiger partial charge is 0.186 e. The van der Waals surface area contributed by atoms with Crippen LogP contribution in [0.15, 0.2) is 170 Å². The molecule has 1 heterocycles. The lowest BCUT2D eigenvalue weighted by atomic mass is 9.82. The lowest BCUT2D eigenvalue weighted by Crippen LogP contribution is -2.17. The van der Waals surface area contributed by atoms with Crippen LogP contribution in [0.25, 0.3) is 83.8 Å². The highest BCUT2D eigenvalue weighted by molar-refractivity contribution is 6.40. The molecule has 10 heteroatoms. The second-order valence-electron chi connectivity index (χ2n) is 16.5. The van der Waals surface area contributed by atoms with E-state index in [1.54, 1.807) is 60.7 Å². The van der Waals surface area contributed by atoms with Crippen molar-refractivity contribution >= 4 is 75.1 Å². The zero-order valence-corrected chi connectivity index (χ0v) is 35.6. The van der Waals surface area contributed by atoms with Gasteiger partial charge in [-0.05, 0) is 92.4 Å². The van der Waals surface area contributed by atoms with E-state index in [2.05, 4.69) is 34.9 Å². The van der Waals surface area contributed by atoms with Crippen LogP contribution < -0.4 is 10.4 Å². The van der Waals surface area contributed by atoms with Crippen LogP contribution in [-0.2, 0) is 0 Å². The van der Waals surface area contributed by atoms with Crippen molar-refractivity contribution in [3.8, 4) is 79.3 Å². The Labute approximate surface area is 385 Å². The van der Waals surface area contributed by atoms with Crippen molar-refractivity contribution in [2.75, 3.05) is 4.90 Å². The van der Waals surface area contributed by atoms with Crippen LogP contribution in [0.5, 0.6) is 40.2 Å². The van der Waals surface area contributed by atoms with Gasteiger partial charge in [0.1, 0.15) is 25.0 Å². The van der Waals surface area contributed by atoms with Crippen molar-refractivity contribution in [2.45, 2.75) is 6.42 Å². The Hall–Kier alpha value is -9.02. The zero-order chi connectivity index (χ0) is 46.1. The predicted molar refractivity (Wildman–Crippen MR) is 269 cm³/mol. The molecule has 0 unspecified atom stereocenters. The number of nitrogens with zero attached hydrogens (tertiary/aromatic N) is 2. The van der Waals surface area contributed by atoms with Gasteiger partial charge in [-0.3, -0.25) is 4.90 Å². The van der Waals surface area contributed by atoms with Crippen LogP contribution in [0, 0.1) is 0 Å². The molecule has 1 aliphatic rings. The fraction of sp³-hybridized carbons (Fsp3) is 0.0175. The average Bonchev–Trinajstić information content (AvgIpc) is 3.49. The van der Waals surface area contributed by atoms with E-state index in [1.807, 2.05) is 91.0 Å². The summed E-state index contributed by atoms with van der Waals surface area (Å²) >= 11 is 0. The Morgan fingerprint density at radius 1 is 0.448 bits per heavy atom. The summed E-state index contributed by atoms with van der Waals surface area (Å²) in [6, 6.07) is 49.1. The normalized spacial score (nSPS) is 12.2. The number of hydrogen-bond acceptors (Lipinski definition) is 8. The van der Waals surface area contributed by atoms with Crippen LogP contribution in [0.2, 0.25) is 0 Å². The first-order valence-electron chi connectivity index (χ1n) is 21.6. The van der Waals surface area contributed by atoms with E-state index in [4.69, 9.17) is 7.85 Å². The molecule has 0 saturated heterocycles. The Morgan fingerprint density at radius 3 is 1.70 bits per heavy atom. The Bertz CT molecular complexity index is 3610. The summed E-state index contributed by atoms with van der Waals surface area (Å²) < 4.78 is 2.21. The first kappa shape index (κ1) is 40.7. The summed E-state index contributed by atoms with van der Waals surface area (Å²) in [5, 5.41) is 87.9. The summed E-state index contributed by atoms with van der Waals surface area (Å²) in [5.74, 6) is -5.72. The molecule has 1 aliphatic carbocycles. The number of anilines is 3. The maximum absolute atomic E-state index is 12.2. The van der Waals surface area contributed by atoms with Gasteiger partial charge in [0.25, 0.3) is 0 Å².